The quantitative estimate of drug-likeness (QED) is 0.621. The van der Waals surface area contributed by atoms with Crippen LogP contribution in [0.3, 0.4) is 0 Å². The molecular weight excluding hydrogens is 316 g/mol. The molecule has 126 valence electrons. The molecule has 1 atom stereocenters. The number of hydrogen-bond donors (Lipinski definition) is 2. The lowest BCUT2D eigenvalue weighted by Crippen LogP contribution is -3.12. The van der Waals surface area contributed by atoms with Crippen LogP contribution in [0.2, 0.25) is 0 Å². The highest BCUT2D eigenvalue weighted by Crippen LogP contribution is 2.17. The number of carbonyl (C=O) groups is 1. The molecule has 3 nitrogen and oxygen atoms in total. The molecule has 1 amide bonds. The average Bonchev–Trinajstić information content (AvgIpc) is 2.60. The van der Waals surface area contributed by atoms with Gasteiger partial charge in [0.15, 0.2) is 6.54 Å². The number of carbonyl (C=O) groups excluding carboxylic acids is 1. The zero-order chi connectivity index (χ0) is 16.8. The molecule has 3 rings (SSSR count). The largest absolute Gasteiger partial charge is 0.350 e. The number of benzene rings is 2. The van der Waals surface area contributed by atoms with E-state index in [4.69, 9.17) is 0 Å². The van der Waals surface area contributed by atoms with Crippen LogP contribution < -0.4 is 10.2 Å². The van der Waals surface area contributed by atoms with E-state index < -0.39 is 0 Å². The molecule has 0 fully saturated rings. The van der Waals surface area contributed by atoms with Crippen LogP contribution >= 0.6 is 11.8 Å². The molecule has 0 saturated carbocycles. The molecule has 1 aliphatic rings. The van der Waals surface area contributed by atoms with Crippen LogP contribution in [0.1, 0.15) is 16.7 Å². The van der Waals surface area contributed by atoms with Crippen molar-refractivity contribution < 1.29 is 9.69 Å². The summed E-state index contributed by atoms with van der Waals surface area (Å²) >= 11 is 1.79. The van der Waals surface area contributed by atoms with Gasteiger partial charge >= 0.3 is 0 Å². The fourth-order valence-corrected chi connectivity index (χ4v) is 3.85. The van der Waals surface area contributed by atoms with Gasteiger partial charge in [0, 0.05) is 29.2 Å². The van der Waals surface area contributed by atoms with Crippen molar-refractivity contribution in [3.63, 3.8) is 0 Å². The highest BCUT2D eigenvalue weighted by Gasteiger charge is 2.20. The molecule has 0 spiro atoms. The van der Waals surface area contributed by atoms with Gasteiger partial charge in [-0.25, -0.2) is 0 Å². The summed E-state index contributed by atoms with van der Waals surface area (Å²) < 4.78 is 0. The average molecular weight is 342 g/mol. The second kappa shape index (κ2) is 8.36. The zero-order valence-corrected chi connectivity index (χ0v) is 15.0. The number of aryl methyl sites for hydroxylation is 1. The van der Waals surface area contributed by atoms with E-state index in [1.54, 1.807) is 11.8 Å². The molecule has 24 heavy (non-hydrogen) atoms. The van der Waals surface area contributed by atoms with Crippen LogP contribution in [0.15, 0.2) is 53.4 Å². The highest BCUT2D eigenvalue weighted by molar-refractivity contribution is 7.99. The molecule has 2 N–H and O–H groups in total. The van der Waals surface area contributed by atoms with Gasteiger partial charge in [-0.05, 0) is 24.6 Å². The van der Waals surface area contributed by atoms with Crippen LogP contribution in [0.5, 0.6) is 0 Å². The topological polar surface area (TPSA) is 33.5 Å². The lowest BCUT2D eigenvalue weighted by Gasteiger charge is -2.25. The predicted octanol–water partition coefficient (Wildman–Crippen LogP) is 1.84. The summed E-state index contributed by atoms with van der Waals surface area (Å²) in [5.41, 5.74) is 4.11. The summed E-state index contributed by atoms with van der Waals surface area (Å²) in [4.78, 5) is 14.8. The molecule has 0 radical (unpaired) electrons. The molecule has 4 heteroatoms. The van der Waals surface area contributed by atoms with Crippen molar-refractivity contribution in [2.24, 2.45) is 0 Å². The standard InChI is InChI=1S/C20H24N2OS/c1-16-6-8-19(9-7-16)24-13-11-21-20(23)15-22-12-10-17-4-2-3-5-18(17)14-22/h2-9H,10-15H2,1H3,(H,21,23)/p+1. The normalized spacial score (nSPS) is 16.5. The maximum absolute atomic E-state index is 12.1. The minimum absolute atomic E-state index is 0.161. The molecule has 0 bridgehead atoms. The summed E-state index contributed by atoms with van der Waals surface area (Å²) in [5, 5.41) is 3.05. The van der Waals surface area contributed by atoms with Crippen molar-refractivity contribution in [1.82, 2.24) is 5.32 Å². The third kappa shape index (κ3) is 4.86. The summed E-state index contributed by atoms with van der Waals surface area (Å²) in [6.07, 6.45) is 1.07. The monoisotopic (exact) mass is 341 g/mol. The summed E-state index contributed by atoms with van der Waals surface area (Å²) in [5.74, 6) is 1.07. The van der Waals surface area contributed by atoms with E-state index in [1.165, 1.54) is 26.5 Å². The third-order valence-corrected chi connectivity index (χ3v) is 5.44. The van der Waals surface area contributed by atoms with E-state index in [0.717, 1.165) is 31.8 Å². The minimum atomic E-state index is 0.161. The zero-order valence-electron chi connectivity index (χ0n) is 14.2. The van der Waals surface area contributed by atoms with Gasteiger partial charge in [0.25, 0.3) is 5.91 Å². The van der Waals surface area contributed by atoms with Crippen LogP contribution in [0.4, 0.5) is 0 Å². The van der Waals surface area contributed by atoms with Crippen molar-refractivity contribution >= 4 is 17.7 Å². The summed E-state index contributed by atoms with van der Waals surface area (Å²) in [6.45, 7) is 5.39. The number of amides is 1. The highest BCUT2D eigenvalue weighted by atomic mass is 32.2. The summed E-state index contributed by atoms with van der Waals surface area (Å²) in [7, 11) is 0. The fourth-order valence-electron chi connectivity index (χ4n) is 3.08. The molecule has 1 aliphatic heterocycles. The Labute approximate surface area is 148 Å². The Morgan fingerprint density at radius 3 is 2.67 bits per heavy atom. The van der Waals surface area contributed by atoms with Gasteiger partial charge in [0.05, 0.1) is 6.54 Å². The lowest BCUT2D eigenvalue weighted by molar-refractivity contribution is -0.908. The Bertz CT molecular complexity index is 684. The molecule has 1 unspecified atom stereocenters. The Morgan fingerprint density at radius 2 is 1.88 bits per heavy atom. The van der Waals surface area contributed by atoms with Gasteiger partial charge in [-0.2, -0.15) is 0 Å². The van der Waals surface area contributed by atoms with E-state index in [-0.39, 0.29) is 5.91 Å². The Hall–Kier alpha value is -1.78. The Morgan fingerprint density at radius 1 is 1.12 bits per heavy atom. The van der Waals surface area contributed by atoms with E-state index in [9.17, 15) is 4.79 Å². The van der Waals surface area contributed by atoms with Crippen LogP contribution in [0, 0.1) is 6.92 Å². The van der Waals surface area contributed by atoms with Crippen molar-refractivity contribution in [2.75, 3.05) is 25.4 Å². The molecule has 0 aromatic heterocycles. The number of quaternary nitrogens is 1. The van der Waals surface area contributed by atoms with Gasteiger partial charge in [0.2, 0.25) is 0 Å². The Kier molecular flexibility index (Phi) is 5.94. The summed E-state index contributed by atoms with van der Waals surface area (Å²) in [6, 6.07) is 17.1. The maximum Gasteiger partial charge on any atom is 0.275 e. The van der Waals surface area contributed by atoms with E-state index in [2.05, 4.69) is 60.8 Å². The lowest BCUT2D eigenvalue weighted by atomic mass is 10.00. The predicted molar refractivity (Wildman–Crippen MR) is 99.5 cm³/mol. The first-order valence-corrected chi connectivity index (χ1v) is 9.56. The van der Waals surface area contributed by atoms with E-state index >= 15 is 0 Å². The van der Waals surface area contributed by atoms with Gasteiger partial charge in [-0.1, -0.05) is 42.0 Å². The third-order valence-electron chi connectivity index (χ3n) is 4.43. The van der Waals surface area contributed by atoms with Crippen molar-refractivity contribution in [3.05, 3.63) is 65.2 Å². The van der Waals surface area contributed by atoms with Crippen LogP contribution in [0.25, 0.3) is 0 Å². The van der Waals surface area contributed by atoms with Gasteiger partial charge in [0.1, 0.15) is 6.54 Å². The molecule has 1 heterocycles. The van der Waals surface area contributed by atoms with Crippen molar-refractivity contribution in [2.45, 2.75) is 24.8 Å². The molecule has 0 saturated heterocycles. The first kappa shape index (κ1) is 17.1. The number of rotatable bonds is 6. The molecule has 2 aromatic carbocycles. The van der Waals surface area contributed by atoms with Crippen LogP contribution in [-0.2, 0) is 17.8 Å². The fraction of sp³-hybridized carbons (Fsp3) is 0.350. The Balaban J connectivity index is 1.36. The molecule has 0 aliphatic carbocycles. The van der Waals surface area contributed by atoms with E-state index in [1.807, 2.05) is 0 Å². The van der Waals surface area contributed by atoms with Gasteiger partial charge < -0.3 is 10.2 Å². The first-order valence-electron chi connectivity index (χ1n) is 8.57. The minimum Gasteiger partial charge on any atom is -0.350 e. The van der Waals surface area contributed by atoms with Crippen molar-refractivity contribution in [3.8, 4) is 0 Å². The second-order valence-electron chi connectivity index (χ2n) is 6.38. The van der Waals surface area contributed by atoms with Gasteiger partial charge in [-0.3, -0.25) is 4.79 Å². The first-order chi connectivity index (χ1) is 11.7. The molecular formula is C20H25N2OS+. The maximum atomic E-state index is 12.1. The number of hydrogen-bond acceptors (Lipinski definition) is 2. The van der Waals surface area contributed by atoms with Gasteiger partial charge in [-0.15, -0.1) is 11.8 Å². The SMILES string of the molecule is Cc1ccc(SCCNC(=O)C[NH+]2CCc3ccccc3C2)cc1. The number of thioether (sulfide) groups is 1. The second-order valence-corrected chi connectivity index (χ2v) is 7.55. The van der Waals surface area contributed by atoms with Crippen molar-refractivity contribution in [1.29, 1.82) is 0 Å². The van der Waals surface area contributed by atoms with E-state index in [0.29, 0.717) is 6.54 Å². The number of fused-ring (bicyclic) bond motifs is 1. The van der Waals surface area contributed by atoms with Crippen LogP contribution in [-0.4, -0.2) is 31.3 Å². The molecule has 2 aromatic rings. The smallest absolute Gasteiger partial charge is 0.275 e. The number of nitrogens with one attached hydrogen (secondary N) is 2.